The van der Waals surface area contributed by atoms with Gasteiger partial charge in [0.15, 0.2) is 0 Å². The highest BCUT2D eigenvalue weighted by Gasteiger charge is 2.09. The van der Waals surface area contributed by atoms with Gasteiger partial charge in [-0.1, -0.05) is 0 Å². The molecule has 2 aromatic rings. The number of nitrogen functional groups attached to an aromatic ring is 1. The fraction of sp³-hybridized carbons (Fsp3) is 0.0909. The van der Waals surface area contributed by atoms with Crippen LogP contribution in [-0.2, 0) is 4.74 Å². The number of thiophene rings is 1. The molecule has 2 rings (SSSR count). The van der Waals surface area contributed by atoms with Crippen LogP contribution in [0.5, 0.6) is 0 Å². The van der Waals surface area contributed by atoms with Crippen molar-refractivity contribution in [3.05, 3.63) is 34.7 Å². The normalized spacial score (nSPS) is 10.1. The summed E-state index contributed by atoms with van der Waals surface area (Å²) in [4.78, 5) is 15.8. The Labute approximate surface area is 96.7 Å². The van der Waals surface area contributed by atoms with E-state index in [1.54, 1.807) is 18.3 Å². The summed E-state index contributed by atoms with van der Waals surface area (Å²) in [6.07, 6.45) is 1.68. The Hall–Kier alpha value is -1.88. The van der Waals surface area contributed by atoms with Crippen LogP contribution in [-0.4, -0.2) is 18.1 Å². The van der Waals surface area contributed by atoms with Gasteiger partial charge in [0.05, 0.1) is 7.11 Å². The van der Waals surface area contributed by atoms with Crippen LogP contribution in [0.2, 0.25) is 0 Å². The van der Waals surface area contributed by atoms with E-state index in [1.165, 1.54) is 18.4 Å². The lowest BCUT2D eigenvalue weighted by molar-refractivity contribution is 0.0606. The number of hydrogen-bond acceptors (Lipinski definition) is 5. The van der Waals surface area contributed by atoms with E-state index >= 15 is 0 Å². The largest absolute Gasteiger partial charge is 0.465 e. The van der Waals surface area contributed by atoms with E-state index in [4.69, 9.17) is 5.73 Å². The van der Waals surface area contributed by atoms with Crippen molar-refractivity contribution in [1.29, 1.82) is 0 Å². The third-order valence-electron chi connectivity index (χ3n) is 2.11. The summed E-state index contributed by atoms with van der Waals surface area (Å²) in [5.74, 6) is 0.159. The molecular weight excluding hydrogens is 224 g/mol. The number of carbonyl (C=O) groups is 1. The number of ether oxygens (including phenoxy) is 1. The highest BCUT2D eigenvalue weighted by Crippen LogP contribution is 2.25. The Morgan fingerprint density at radius 1 is 1.44 bits per heavy atom. The summed E-state index contributed by atoms with van der Waals surface area (Å²) < 4.78 is 4.64. The van der Waals surface area contributed by atoms with Gasteiger partial charge in [-0.25, -0.2) is 9.78 Å². The van der Waals surface area contributed by atoms with Crippen LogP contribution < -0.4 is 5.73 Å². The van der Waals surface area contributed by atoms with Crippen molar-refractivity contribution in [2.45, 2.75) is 0 Å². The lowest BCUT2D eigenvalue weighted by Crippen LogP contribution is -1.96. The van der Waals surface area contributed by atoms with Gasteiger partial charge in [0.1, 0.15) is 10.7 Å². The molecule has 2 heterocycles. The second-order valence-corrected chi connectivity index (χ2v) is 4.07. The maximum absolute atomic E-state index is 11.3. The Morgan fingerprint density at radius 3 is 2.88 bits per heavy atom. The Bertz CT molecular complexity index is 505. The van der Waals surface area contributed by atoms with Crippen molar-refractivity contribution in [3.8, 4) is 11.1 Å². The molecule has 0 spiro atoms. The fourth-order valence-electron chi connectivity index (χ4n) is 1.27. The van der Waals surface area contributed by atoms with Crippen molar-refractivity contribution in [1.82, 2.24) is 4.98 Å². The molecule has 0 fully saturated rings. The van der Waals surface area contributed by atoms with Gasteiger partial charge in [0.25, 0.3) is 0 Å². The Morgan fingerprint density at radius 2 is 2.25 bits per heavy atom. The summed E-state index contributed by atoms with van der Waals surface area (Å²) in [5, 5.41) is 1.89. The van der Waals surface area contributed by atoms with Crippen LogP contribution in [0.4, 0.5) is 5.82 Å². The number of methoxy groups -OCH3 is 1. The molecule has 0 aliphatic rings. The number of hydrogen-bond donors (Lipinski definition) is 1. The third-order valence-corrected chi connectivity index (χ3v) is 3.02. The van der Waals surface area contributed by atoms with Gasteiger partial charge >= 0.3 is 5.97 Å². The molecule has 4 nitrogen and oxygen atoms in total. The molecule has 2 N–H and O–H groups in total. The van der Waals surface area contributed by atoms with Crippen LogP contribution in [0.3, 0.4) is 0 Å². The third kappa shape index (κ3) is 2.04. The smallest absolute Gasteiger partial charge is 0.348 e. The second kappa shape index (κ2) is 4.32. The molecule has 82 valence electrons. The van der Waals surface area contributed by atoms with E-state index in [-0.39, 0.29) is 5.97 Å². The fourth-order valence-corrected chi connectivity index (χ4v) is 2.10. The lowest BCUT2D eigenvalue weighted by atomic mass is 10.1. The van der Waals surface area contributed by atoms with E-state index in [1.807, 2.05) is 11.4 Å². The summed E-state index contributed by atoms with van der Waals surface area (Å²) in [7, 11) is 1.37. The molecule has 0 aliphatic carbocycles. The number of carbonyl (C=O) groups excluding carboxylic acids is 1. The van der Waals surface area contributed by atoms with Crippen LogP contribution in [0.1, 0.15) is 9.67 Å². The number of esters is 1. The van der Waals surface area contributed by atoms with Crippen molar-refractivity contribution < 1.29 is 9.53 Å². The SMILES string of the molecule is COC(=O)c1cc(-c2ccc(N)nc2)cs1. The lowest BCUT2D eigenvalue weighted by Gasteiger charge is -1.97. The van der Waals surface area contributed by atoms with Gasteiger partial charge in [-0.05, 0) is 29.1 Å². The first-order valence-electron chi connectivity index (χ1n) is 4.59. The van der Waals surface area contributed by atoms with Gasteiger partial charge in [-0.2, -0.15) is 0 Å². The van der Waals surface area contributed by atoms with E-state index in [0.717, 1.165) is 11.1 Å². The zero-order valence-corrected chi connectivity index (χ0v) is 9.45. The van der Waals surface area contributed by atoms with Crippen LogP contribution in [0.15, 0.2) is 29.8 Å². The number of aromatic nitrogens is 1. The second-order valence-electron chi connectivity index (χ2n) is 3.16. The van der Waals surface area contributed by atoms with Crippen molar-refractivity contribution >= 4 is 23.1 Å². The standard InChI is InChI=1S/C11H10N2O2S/c1-15-11(14)9-4-8(6-16-9)7-2-3-10(12)13-5-7/h2-6H,1H3,(H2,12,13). The van der Waals surface area contributed by atoms with Crippen LogP contribution in [0, 0.1) is 0 Å². The zero-order valence-electron chi connectivity index (χ0n) is 8.64. The van der Waals surface area contributed by atoms with Gasteiger partial charge in [-0.15, -0.1) is 11.3 Å². The van der Waals surface area contributed by atoms with Crippen molar-refractivity contribution in [2.24, 2.45) is 0 Å². The van der Waals surface area contributed by atoms with Crippen LogP contribution >= 0.6 is 11.3 Å². The molecule has 0 radical (unpaired) electrons. The van der Waals surface area contributed by atoms with E-state index in [9.17, 15) is 4.79 Å². The predicted molar refractivity (Wildman–Crippen MR) is 63.3 cm³/mol. The molecule has 16 heavy (non-hydrogen) atoms. The molecule has 0 bridgehead atoms. The molecule has 2 aromatic heterocycles. The molecule has 0 saturated heterocycles. The number of anilines is 1. The minimum Gasteiger partial charge on any atom is -0.465 e. The minimum absolute atomic E-state index is 0.320. The first-order valence-corrected chi connectivity index (χ1v) is 5.47. The number of rotatable bonds is 2. The number of nitrogens with zero attached hydrogens (tertiary/aromatic N) is 1. The van der Waals surface area contributed by atoms with Crippen molar-refractivity contribution in [3.63, 3.8) is 0 Å². The first kappa shape index (κ1) is 10.6. The molecule has 0 unspecified atom stereocenters. The molecule has 0 amide bonds. The maximum Gasteiger partial charge on any atom is 0.348 e. The molecule has 0 aromatic carbocycles. The summed E-state index contributed by atoms with van der Waals surface area (Å²) in [6, 6.07) is 5.37. The summed E-state index contributed by atoms with van der Waals surface area (Å²) >= 11 is 1.35. The highest BCUT2D eigenvalue weighted by molar-refractivity contribution is 7.12. The summed E-state index contributed by atoms with van der Waals surface area (Å²) in [6.45, 7) is 0. The maximum atomic E-state index is 11.3. The topological polar surface area (TPSA) is 65.2 Å². The first-order chi connectivity index (χ1) is 7.70. The average Bonchev–Trinajstić information content (AvgIpc) is 2.78. The minimum atomic E-state index is -0.320. The summed E-state index contributed by atoms with van der Waals surface area (Å²) in [5.41, 5.74) is 7.37. The zero-order chi connectivity index (χ0) is 11.5. The predicted octanol–water partition coefficient (Wildman–Crippen LogP) is 2.18. The molecule has 0 atom stereocenters. The van der Waals surface area contributed by atoms with Gasteiger partial charge in [-0.3, -0.25) is 0 Å². The monoisotopic (exact) mass is 234 g/mol. The Balaban J connectivity index is 2.31. The van der Waals surface area contributed by atoms with E-state index < -0.39 is 0 Å². The van der Waals surface area contributed by atoms with Crippen LogP contribution in [0.25, 0.3) is 11.1 Å². The van der Waals surface area contributed by atoms with Gasteiger partial charge < -0.3 is 10.5 Å². The van der Waals surface area contributed by atoms with Gasteiger partial charge in [0.2, 0.25) is 0 Å². The van der Waals surface area contributed by atoms with Gasteiger partial charge in [0, 0.05) is 11.8 Å². The number of pyridine rings is 1. The quantitative estimate of drug-likeness (QED) is 0.809. The molecule has 5 heteroatoms. The molecule has 0 saturated carbocycles. The molecule has 0 aliphatic heterocycles. The van der Waals surface area contributed by atoms with E-state index in [2.05, 4.69) is 9.72 Å². The number of nitrogens with two attached hydrogens (primary N) is 1. The van der Waals surface area contributed by atoms with E-state index in [0.29, 0.717) is 10.7 Å². The highest BCUT2D eigenvalue weighted by atomic mass is 32.1. The average molecular weight is 234 g/mol. The van der Waals surface area contributed by atoms with Crippen molar-refractivity contribution in [2.75, 3.05) is 12.8 Å². The molecular formula is C11H10N2O2S. The Kier molecular flexibility index (Phi) is 2.87.